The van der Waals surface area contributed by atoms with Crippen LogP contribution < -0.4 is 10.8 Å². The van der Waals surface area contributed by atoms with Crippen molar-refractivity contribution in [3.63, 3.8) is 0 Å². The topological polar surface area (TPSA) is 98.9 Å². The average molecular weight is 286 g/mol. The molecule has 0 saturated carbocycles. The van der Waals surface area contributed by atoms with Gasteiger partial charge < -0.3 is 20.7 Å². The predicted octanol–water partition coefficient (Wildman–Crippen LogP) is 1.47. The fraction of sp³-hybridized carbons (Fsp3) is 0.188. The molecule has 2 aromatic carbocycles. The number of benzene rings is 2. The minimum absolute atomic E-state index is 0.195. The van der Waals surface area contributed by atoms with Crippen molar-refractivity contribution in [1.29, 1.82) is 0 Å². The molecular weight excluding hydrogens is 270 g/mol. The van der Waals surface area contributed by atoms with E-state index in [-0.39, 0.29) is 5.56 Å². The van der Waals surface area contributed by atoms with E-state index in [1.54, 1.807) is 6.07 Å². The maximum Gasteiger partial charge on any atom is 0.335 e. The van der Waals surface area contributed by atoms with E-state index in [0.29, 0.717) is 12.6 Å². The van der Waals surface area contributed by atoms with Gasteiger partial charge in [-0.1, -0.05) is 48.2 Å². The van der Waals surface area contributed by atoms with Crippen LogP contribution in [0.2, 0.25) is 0 Å². The molecule has 1 atom stereocenters. The van der Waals surface area contributed by atoms with Gasteiger partial charge >= 0.3 is 5.97 Å². The highest BCUT2D eigenvalue weighted by Gasteiger charge is 2.18. The number of aromatic carboxylic acids is 1. The van der Waals surface area contributed by atoms with Gasteiger partial charge in [-0.05, 0) is 17.2 Å². The highest BCUT2D eigenvalue weighted by Crippen LogP contribution is 2.24. The van der Waals surface area contributed by atoms with Crippen LogP contribution in [0.4, 0.5) is 0 Å². The summed E-state index contributed by atoms with van der Waals surface area (Å²) in [6, 6.07) is 13.7. The molecule has 21 heavy (non-hydrogen) atoms. The monoisotopic (exact) mass is 286 g/mol. The Morgan fingerprint density at radius 1 is 1.24 bits per heavy atom. The van der Waals surface area contributed by atoms with Crippen LogP contribution in [0.5, 0.6) is 5.75 Å². The number of carboxylic acid groups (broad SMARTS) is 1. The summed E-state index contributed by atoms with van der Waals surface area (Å²) >= 11 is 0. The van der Waals surface area contributed by atoms with E-state index in [1.165, 1.54) is 12.1 Å². The second-order valence-electron chi connectivity index (χ2n) is 4.57. The van der Waals surface area contributed by atoms with Crippen LogP contribution in [-0.2, 0) is 4.74 Å². The summed E-state index contributed by atoms with van der Waals surface area (Å²) in [6.45, 7) is 1.58. The zero-order valence-corrected chi connectivity index (χ0v) is 11.4. The van der Waals surface area contributed by atoms with E-state index in [4.69, 9.17) is 15.6 Å². The number of rotatable bonds is 3. The van der Waals surface area contributed by atoms with Gasteiger partial charge in [0.1, 0.15) is 0 Å². The predicted molar refractivity (Wildman–Crippen MR) is 77.1 cm³/mol. The molecule has 0 amide bonds. The van der Waals surface area contributed by atoms with E-state index in [0.717, 1.165) is 17.7 Å². The lowest BCUT2D eigenvalue weighted by molar-refractivity contribution is -0.268. The smallest absolute Gasteiger partial charge is 0.335 e. The molecule has 5 nitrogen and oxygen atoms in total. The van der Waals surface area contributed by atoms with Crippen LogP contribution in [0.25, 0.3) is 11.1 Å². The first-order valence-corrected chi connectivity index (χ1v) is 6.53. The minimum Gasteiger partial charge on any atom is -0.872 e. The molecule has 0 aromatic heterocycles. The lowest BCUT2D eigenvalue weighted by Crippen LogP contribution is -2.05. The highest BCUT2D eigenvalue weighted by atomic mass is 16.6. The first-order chi connectivity index (χ1) is 10.1. The van der Waals surface area contributed by atoms with Crippen molar-refractivity contribution >= 4 is 5.97 Å². The fourth-order valence-electron chi connectivity index (χ4n) is 1.71. The Labute approximate surface area is 122 Å². The van der Waals surface area contributed by atoms with Gasteiger partial charge in [-0.25, -0.2) is 4.79 Å². The number of nitrogens with two attached hydrogens (primary N) is 1. The number of epoxide rings is 1. The molecule has 0 radical (unpaired) electrons. The Kier molecular flexibility index (Phi) is 4.92. The lowest BCUT2D eigenvalue weighted by Gasteiger charge is -2.12. The number of hydrogen-bond acceptors (Lipinski definition) is 4. The van der Waals surface area contributed by atoms with E-state index in [9.17, 15) is 9.90 Å². The largest absolute Gasteiger partial charge is 0.872 e. The SMILES string of the molecule is NCC1CO1.O=C(O)c1ccc(-c2ccccc2)cc1[O-]. The fourth-order valence-corrected chi connectivity index (χ4v) is 1.71. The van der Waals surface area contributed by atoms with Crippen LogP contribution in [0.15, 0.2) is 48.5 Å². The molecule has 110 valence electrons. The second kappa shape index (κ2) is 6.88. The molecule has 1 aliphatic rings. The molecule has 5 heteroatoms. The maximum absolute atomic E-state index is 11.5. The number of hydrogen-bond donors (Lipinski definition) is 2. The molecule has 3 rings (SSSR count). The van der Waals surface area contributed by atoms with Crippen molar-refractivity contribution in [1.82, 2.24) is 0 Å². The Bertz CT molecular complexity index is 609. The van der Waals surface area contributed by atoms with Gasteiger partial charge in [-0.15, -0.1) is 0 Å². The van der Waals surface area contributed by atoms with Crippen LogP contribution in [0.1, 0.15) is 10.4 Å². The molecule has 1 aliphatic heterocycles. The molecule has 0 spiro atoms. The lowest BCUT2D eigenvalue weighted by atomic mass is 10.0. The van der Waals surface area contributed by atoms with Gasteiger partial charge in [0.05, 0.1) is 18.3 Å². The van der Waals surface area contributed by atoms with Gasteiger partial charge in [0.25, 0.3) is 0 Å². The zero-order chi connectivity index (χ0) is 15.2. The molecule has 0 aliphatic carbocycles. The van der Waals surface area contributed by atoms with Gasteiger partial charge in [-0.2, -0.15) is 0 Å². The van der Waals surface area contributed by atoms with Gasteiger partial charge in [-0.3, -0.25) is 0 Å². The van der Waals surface area contributed by atoms with Crippen molar-refractivity contribution in [2.75, 3.05) is 13.2 Å². The van der Waals surface area contributed by atoms with Crippen molar-refractivity contribution in [3.05, 3.63) is 54.1 Å². The van der Waals surface area contributed by atoms with Crippen molar-refractivity contribution in [3.8, 4) is 16.9 Å². The molecule has 0 bridgehead atoms. The zero-order valence-electron chi connectivity index (χ0n) is 11.4. The standard InChI is InChI=1S/C13H10O3.C3H7NO/c14-12-8-10(6-7-11(12)13(15)16)9-4-2-1-3-5-9;4-1-3-2-5-3/h1-8,14H,(H,15,16);3H,1-2,4H2/p-1. The molecule has 1 saturated heterocycles. The first kappa shape index (κ1) is 15.0. The number of carbonyl (C=O) groups is 1. The summed E-state index contributed by atoms with van der Waals surface area (Å²) in [5, 5.41) is 20.2. The van der Waals surface area contributed by atoms with E-state index < -0.39 is 11.7 Å². The maximum atomic E-state index is 11.5. The summed E-state index contributed by atoms with van der Waals surface area (Å²) in [4.78, 5) is 10.7. The van der Waals surface area contributed by atoms with E-state index in [2.05, 4.69) is 0 Å². The Morgan fingerprint density at radius 2 is 1.90 bits per heavy atom. The quantitative estimate of drug-likeness (QED) is 0.832. The Morgan fingerprint density at radius 3 is 2.33 bits per heavy atom. The van der Waals surface area contributed by atoms with Crippen LogP contribution in [-0.4, -0.2) is 30.3 Å². The van der Waals surface area contributed by atoms with Crippen molar-refractivity contribution in [2.24, 2.45) is 5.73 Å². The van der Waals surface area contributed by atoms with E-state index in [1.807, 2.05) is 30.3 Å². The van der Waals surface area contributed by atoms with E-state index >= 15 is 0 Å². The molecule has 1 heterocycles. The Balaban J connectivity index is 0.000000272. The molecular formula is C16H16NO4-. The number of carboxylic acids is 1. The van der Waals surface area contributed by atoms with Crippen LogP contribution >= 0.6 is 0 Å². The summed E-state index contributed by atoms with van der Waals surface area (Å²) < 4.78 is 4.73. The van der Waals surface area contributed by atoms with Crippen molar-refractivity contribution < 1.29 is 19.7 Å². The second-order valence-corrected chi connectivity index (χ2v) is 4.57. The molecule has 1 fully saturated rings. The highest BCUT2D eigenvalue weighted by molar-refractivity contribution is 5.91. The number of ether oxygens (including phenoxy) is 1. The van der Waals surface area contributed by atoms with Crippen LogP contribution in [0.3, 0.4) is 0 Å². The summed E-state index contributed by atoms with van der Waals surface area (Å²) in [5.74, 6) is -1.65. The van der Waals surface area contributed by atoms with Crippen molar-refractivity contribution in [2.45, 2.75) is 6.10 Å². The molecule has 3 N–H and O–H groups in total. The third-order valence-corrected chi connectivity index (χ3v) is 2.98. The third-order valence-electron chi connectivity index (χ3n) is 2.98. The molecule has 2 aromatic rings. The Hall–Kier alpha value is -2.37. The first-order valence-electron chi connectivity index (χ1n) is 6.53. The van der Waals surface area contributed by atoms with Gasteiger partial charge in [0.2, 0.25) is 0 Å². The van der Waals surface area contributed by atoms with Crippen LogP contribution in [0, 0.1) is 0 Å². The summed E-state index contributed by atoms with van der Waals surface area (Å²) in [5.41, 5.74) is 6.55. The normalized spacial score (nSPS) is 15.8. The molecule has 1 unspecified atom stereocenters. The van der Waals surface area contributed by atoms with Gasteiger partial charge in [0, 0.05) is 6.54 Å². The summed E-state index contributed by atoms with van der Waals surface area (Å²) in [6.07, 6.45) is 0.412. The minimum atomic E-state index is -1.19. The third kappa shape index (κ3) is 4.30. The van der Waals surface area contributed by atoms with Gasteiger partial charge in [0.15, 0.2) is 0 Å². The summed E-state index contributed by atoms with van der Waals surface area (Å²) in [7, 11) is 0. The average Bonchev–Trinajstić information content (AvgIpc) is 3.32.